The number of imidazole rings is 1. The van der Waals surface area contributed by atoms with Crippen molar-refractivity contribution in [1.29, 1.82) is 0 Å². The highest BCUT2D eigenvalue weighted by molar-refractivity contribution is 6.00. The van der Waals surface area contributed by atoms with Crippen molar-refractivity contribution in [3.63, 3.8) is 0 Å². The molecule has 3 fully saturated rings. The number of benzene rings is 1. The van der Waals surface area contributed by atoms with E-state index in [0.29, 0.717) is 11.8 Å². The molecule has 9 nitrogen and oxygen atoms in total. The number of piperidine rings is 2. The van der Waals surface area contributed by atoms with Gasteiger partial charge in [-0.05, 0) is 80.6 Å². The second-order valence-electron chi connectivity index (χ2n) is 10.0. The fourth-order valence-corrected chi connectivity index (χ4v) is 5.77. The summed E-state index contributed by atoms with van der Waals surface area (Å²) < 4.78 is 34.9. The Morgan fingerprint density at radius 1 is 1.14 bits per heavy atom. The number of hydrogen-bond donors (Lipinski definition) is 3. The zero-order valence-corrected chi connectivity index (χ0v) is 19.9. The van der Waals surface area contributed by atoms with E-state index < -0.39 is 18.2 Å². The van der Waals surface area contributed by atoms with Gasteiger partial charge in [0.25, 0.3) is 0 Å². The second kappa shape index (κ2) is 9.72. The van der Waals surface area contributed by atoms with E-state index in [-0.39, 0.29) is 23.9 Å². The van der Waals surface area contributed by atoms with Crippen molar-refractivity contribution in [1.82, 2.24) is 19.8 Å². The summed E-state index contributed by atoms with van der Waals surface area (Å²) in [6, 6.07) is 5.54. The van der Waals surface area contributed by atoms with Crippen molar-refractivity contribution in [2.45, 2.75) is 57.2 Å². The average molecular weight is 511 g/mol. The monoisotopic (exact) mass is 510 g/mol. The van der Waals surface area contributed by atoms with Crippen molar-refractivity contribution in [3.8, 4) is 0 Å². The van der Waals surface area contributed by atoms with Crippen molar-refractivity contribution in [2.75, 3.05) is 13.1 Å². The number of hydrogen-bond acceptors (Lipinski definition) is 5. The van der Waals surface area contributed by atoms with Crippen molar-refractivity contribution >= 4 is 28.8 Å². The number of aryl methyl sites for hydroxylation is 1. The average Bonchev–Trinajstić information content (AvgIpc) is 3.03. The van der Waals surface area contributed by atoms with Crippen LogP contribution in [0.4, 0.5) is 13.2 Å². The molecule has 3 N–H and O–H groups in total. The summed E-state index contributed by atoms with van der Waals surface area (Å²) >= 11 is 0. The zero-order valence-electron chi connectivity index (χ0n) is 19.9. The highest BCUT2D eigenvalue weighted by atomic mass is 19.4. The summed E-state index contributed by atoms with van der Waals surface area (Å²) in [7, 11) is 1.75. The molecule has 0 radical (unpaired) electrons. The van der Waals surface area contributed by atoms with Crippen LogP contribution in [0, 0.1) is 11.3 Å². The van der Waals surface area contributed by atoms with Crippen LogP contribution in [-0.4, -0.2) is 51.3 Å². The second-order valence-corrected chi connectivity index (χ2v) is 10.0. The summed E-state index contributed by atoms with van der Waals surface area (Å²) in [5, 5.41) is 12.9. The molecule has 3 aliphatic rings. The molecule has 1 saturated carbocycles. The van der Waals surface area contributed by atoms with Gasteiger partial charge in [0.2, 0.25) is 11.8 Å². The molecule has 2 amide bonds. The van der Waals surface area contributed by atoms with Crippen LogP contribution >= 0.6 is 0 Å². The van der Waals surface area contributed by atoms with E-state index >= 15 is 0 Å². The predicted octanol–water partition coefficient (Wildman–Crippen LogP) is 2.27. The Kier molecular flexibility index (Phi) is 7.00. The van der Waals surface area contributed by atoms with Crippen LogP contribution in [0.15, 0.2) is 23.0 Å². The minimum atomic E-state index is -5.08. The van der Waals surface area contributed by atoms with E-state index in [1.54, 1.807) is 16.2 Å². The minimum absolute atomic E-state index is 0.205. The summed E-state index contributed by atoms with van der Waals surface area (Å²) in [4.78, 5) is 45.5. The van der Waals surface area contributed by atoms with Crippen LogP contribution in [0.5, 0.6) is 0 Å². The van der Waals surface area contributed by atoms with Gasteiger partial charge in [-0.3, -0.25) is 24.0 Å². The van der Waals surface area contributed by atoms with E-state index in [2.05, 4.69) is 22.8 Å². The number of carboxylic acid groups (broad SMARTS) is 1. The molecule has 1 spiro atoms. The van der Waals surface area contributed by atoms with Gasteiger partial charge in [-0.2, -0.15) is 13.2 Å². The number of rotatable bonds is 3. The molecule has 1 unspecified atom stereocenters. The van der Waals surface area contributed by atoms with Crippen LogP contribution in [-0.2, 0) is 27.9 Å². The number of nitrogens with zero attached hydrogens (tertiary/aromatic N) is 2. The molecule has 1 aliphatic carbocycles. The summed E-state index contributed by atoms with van der Waals surface area (Å²) in [6.45, 7) is 2.29. The third-order valence-corrected chi connectivity index (χ3v) is 7.55. The van der Waals surface area contributed by atoms with E-state index in [0.717, 1.165) is 36.5 Å². The number of fused-ring (bicyclic) bond motifs is 1. The first-order chi connectivity index (χ1) is 16.9. The molecule has 2 saturated heterocycles. The Hall–Kier alpha value is -3.15. The molecular weight excluding hydrogens is 481 g/mol. The van der Waals surface area contributed by atoms with Gasteiger partial charge in [-0.15, -0.1) is 0 Å². The Morgan fingerprint density at radius 2 is 1.78 bits per heavy atom. The molecule has 1 aromatic carbocycles. The van der Waals surface area contributed by atoms with Crippen LogP contribution in [0.25, 0.3) is 11.0 Å². The van der Waals surface area contributed by atoms with Crippen LogP contribution in [0.3, 0.4) is 0 Å². The predicted molar refractivity (Wildman–Crippen MR) is 123 cm³/mol. The maximum atomic E-state index is 12.9. The van der Waals surface area contributed by atoms with Gasteiger partial charge in [0.05, 0.1) is 11.0 Å². The highest BCUT2D eigenvalue weighted by Crippen LogP contribution is 2.52. The molecule has 1 atom stereocenters. The number of nitrogens with one attached hydrogen (secondary N) is 2. The lowest BCUT2D eigenvalue weighted by Crippen LogP contribution is -2.45. The van der Waals surface area contributed by atoms with Gasteiger partial charge in [0, 0.05) is 13.5 Å². The minimum Gasteiger partial charge on any atom is -0.475 e. The first-order valence-electron chi connectivity index (χ1n) is 11.9. The number of alkyl halides is 3. The Labute approximate surface area is 204 Å². The molecular formula is C24H29F3N4O5. The number of carbonyl (C=O) groups is 3. The molecule has 196 valence electrons. The molecule has 3 heterocycles. The first-order valence-corrected chi connectivity index (χ1v) is 11.9. The Morgan fingerprint density at radius 3 is 2.36 bits per heavy atom. The van der Waals surface area contributed by atoms with Crippen molar-refractivity contribution in [3.05, 3.63) is 34.2 Å². The largest absolute Gasteiger partial charge is 0.490 e. The van der Waals surface area contributed by atoms with Gasteiger partial charge in [-0.1, -0.05) is 6.07 Å². The smallest absolute Gasteiger partial charge is 0.475 e. The van der Waals surface area contributed by atoms with Crippen LogP contribution in [0.2, 0.25) is 0 Å². The Bertz CT molecular complexity index is 1230. The topological polar surface area (TPSA) is 122 Å². The van der Waals surface area contributed by atoms with E-state index in [4.69, 9.17) is 9.90 Å². The molecule has 2 aromatic rings. The highest BCUT2D eigenvalue weighted by Gasteiger charge is 2.44. The number of aromatic nitrogens is 2. The summed E-state index contributed by atoms with van der Waals surface area (Å²) in [5.74, 6) is -2.69. The number of amides is 2. The van der Waals surface area contributed by atoms with E-state index in [1.807, 2.05) is 6.07 Å². The van der Waals surface area contributed by atoms with Crippen LogP contribution in [0.1, 0.15) is 50.1 Å². The molecule has 36 heavy (non-hydrogen) atoms. The van der Waals surface area contributed by atoms with Gasteiger partial charge in [0.15, 0.2) is 0 Å². The van der Waals surface area contributed by atoms with E-state index in [9.17, 15) is 27.6 Å². The lowest BCUT2D eigenvalue weighted by molar-refractivity contribution is -0.192. The molecule has 0 bridgehead atoms. The van der Waals surface area contributed by atoms with Gasteiger partial charge < -0.3 is 10.4 Å². The van der Waals surface area contributed by atoms with Crippen molar-refractivity contribution < 1.29 is 32.7 Å². The van der Waals surface area contributed by atoms with Gasteiger partial charge >= 0.3 is 17.8 Å². The first kappa shape index (κ1) is 25.9. The third-order valence-electron chi connectivity index (χ3n) is 7.55. The fraction of sp³-hybridized carbons (Fsp3) is 0.583. The summed E-state index contributed by atoms with van der Waals surface area (Å²) in [5.41, 5.74) is 3.24. The molecule has 1 aromatic heterocycles. The molecule has 5 rings (SSSR count). The third kappa shape index (κ3) is 5.18. The zero-order chi connectivity index (χ0) is 26.3. The maximum absolute atomic E-state index is 12.9. The molecule has 12 heteroatoms. The summed E-state index contributed by atoms with van der Waals surface area (Å²) in [6.07, 6.45) is 1.80. The normalized spacial score (nSPS) is 22.1. The lowest BCUT2D eigenvalue weighted by Gasteiger charge is -2.50. The van der Waals surface area contributed by atoms with Crippen LogP contribution < -0.4 is 16.3 Å². The number of carboxylic acids is 1. The number of imide groups is 1. The SMILES string of the molecule is Cn1c(=O)n(C2CCC(=O)NC2=O)c2ccc(CC3CC4(CCNCC4)C3)cc21.O=C(O)C(F)(F)F. The quantitative estimate of drug-likeness (QED) is 0.545. The van der Waals surface area contributed by atoms with E-state index in [1.165, 1.54) is 31.2 Å². The van der Waals surface area contributed by atoms with Gasteiger partial charge in [-0.25, -0.2) is 9.59 Å². The van der Waals surface area contributed by atoms with Gasteiger partial charge in [0.1, 0.15) is 6.04 Å². The maximum Gasteiger partial charge on any atom is 0.490 e. The fourth-order valence-electron chi connectivity index (χ4n) is 5.77. The molecule has 2 aliphatic heterocycles. The Balaban J connectivity index is 0.000000384. The van der Waals surface area contributed by atoms with Crippen molar-refractivity contribution in [2.24, 2.45) is 18.4 Å². The lowest BCUT2D eigenvalue weighted by atomic mass is 9.56. The number of halogens is 3. The standard InChI is InChI=1S/C22H28N4O3.C2HF3O2/c1-25-18-11-14(10-15-12-22(13-15)6-8-23-9-7-22)2-3-16(18)26(21(25)29)17-4-5-19(27)24-20(17)28;3-2(4,5)1(6)7/h2-3,11,15,17,23H,4-10,12-13H2,1H3,(H,24,27,28);(H,6,7). The number of carbonyl (C=O) groups excluding carboxylic acids is 2. The number of aliphatic carboxylic acids is 1.